The monoisotopic (exact) mass is 307 g/mol. The average Bonchev–Trinajstić information content (AvgIpc) is 2.55. The van der Waals surface area contributed by atoms with Gasteiger partial charge >= 0.3 is 5.97 Å². The highest BCUT2D eigenvalue weighted by molar-refractivity contribution is 5.83. The summed E-state index contributed by atoms with van der Waals surface area (Å²) in [7, 11) is 0. The number of ether oxygens (including phenoxy) is 1. The van der Waals surface area contributed by atoms with Crippen LogP contribution in [0.15, 0.2) is 12.2 Å². The van der Waals surface area contributed by atoms with E-state index in [1.807, 2.05) is 0 Å². The molecule has 2 atom stereocenters. The minimum Gasteiger partial charge on any atom is -0.458 e. The van der Waals surface area contributed by atoms with Crippen LogP contribution >= 0.6 is 0 Å². The molecule has 3 aliphatic heterocycles. The Labute approximate surface area is 133 Å². The van der Waals surface area contributed by atoms with Crippen LogP contribution in [0.4, 0.5) is 0 Å². The number of hydrogen-bond donors (Lipinski definition) is 1. The van der Waals surface area contributed by atoms with E-state index in [0.717, 1.165) is 58.2 Å². The van der Waals surface area contributed by atoms with Gasteiger partial charge in [-0.05, 0) is 57.2 Å². The zero-order valence-corrected chi connectivity index (χ0v) is 13.7. The lowest BCUT2D eigenvalue weighted by Gasteiger charge is -2.45. The molecule has 0 radical (unpaired) electrons. The first kappa shape index (κ1) is 16.0. The van der Waals surface area contributed by atoms with Crippen LogP contribution in [-0.4, -0.2) is 47.3 Å². The summed E-state index contributed by atoms with van der Waals surface area (Å²) in [4.78, 5) is 15.2. The summed E-state index contributed by atoms with van der Waals surface area (Å²) < 4.78 is 5.81. The molecule has 4 nitrogen and oxygen atoms in total. The van der Waals surface area contributed by atoms with Crippen LogP contribution in [0, 0.1) is 11.8 Å². The van der Waals surface area contributed by atoms with E-state index in [-0.39, 0.29) is 12.0 Å². The molecule has 4 fully saturated rings. The molecule has 0 amide bonds. The maximum absolute atomic E-state index is 12.8. The van der Waals surface area contributed by atoms with Gasteiger partial charge in [-0.25, -0.2) is 4.79 Å². The Balaban J connectivity index is 1.71. The van der Waals surface area contributed by atoms with Gasteiger partial charge < -0.3 is 9.84 Å². The zero-order chi connectivity index (χ0) is 15.7. The Morgan fingerprint density at radius 2 is 1.82 bits per heavy atom. The molecule has 0 spiro atoms. The fourth-order valence-electron chi connectivity index (χ4n) is 4.48. The molecule has 1 saturated carbocycles. The van der Waals surface area contributed by atoms with Crippen LogP contribution < -0.4 is 0 Å². The number of rotatable bonds is 4. The SMILES string of the molecule is C=C(C)C(O)(C(=O)OC1CN2CCC1CC2)C1CCCCC1. The second-order valence-electron chi connectivity index (χ2n) is 7.46. The topological polar surface area (TPSA) is 49.8 Å². The average molecular weight is 307 g/mol. The Hall–Kier alpha value is -0.870. The molecule has 3 saturated heterocycles. The van der Waals surface area contributed by atoms with E-state index in [1.165, 1.54) is 6.42 Å². The first-order chi connectivity index (χ1) is 10.5. The molecule has 4 heteroatoms. The molecule has 0 aromatic carbocycles. The first-order valence-corrected chi connectivity index (χ1v) is 8.83. The molecule has 0 aromatic rings. The third kappa shape index (κ3) is 2.83. The summed E-state index contributed by atoms with van der Waals surface area (Å²) in [5.74, 6) is -0.0207. The molecule has 1 aliphatic carbocycles. The van der Waals surface area contributed by atoms with E-state index in [0.29, 0.717) is 11.5 Å². The maximum Gasteiger partial charge on any atom is 0.343 e. The largest absolute Gasteiger partial charge is 0.458 e. The minimum absolute atomic E-state index is 0.0349. The van der Waals surface area contributed by atoms with Crippen molar-refractivity contribution < 1.29 is 14.6 Å². The quantitative estimate of drug-likeness (QED) is 0.640. The Morgan fingerprint density at radius 3 is 2.32 bits per heavy atom. The molecule has 2 bridgehead atoms. The third-order valence-corrected chi connectivity index (χ3v) is 6.01. The number of fused-ring (bicyclic) bond motifs is 3. The van der Waals surface area contributed by atoms with Crippen LogP contribution in [0.3, 0.4) is 0 Å². The van der Waals surface area contributed by atoms with Gasteiger partial charge in [0, 0.05) is 12.5 Å². The number of carbonyl (C=O) groups is 1. The standard InChI is InChI=1S/C18H29NO3/c1-13(2)18(21,15-6-4-3-5-7-15)17(20)22-16-12-19-10-8-14(16)9-11-19/h14-16,21H,1,3-12H2,2H3. The normalized spacial score (nSPS) is 34.9. The lowest BCUT2D eigenvalue weighted by molar-refractivity contribution is -0.182. The zero-order valence-electron chi connectivity index (χ0n) is 13.7. The van der Waals surface area contributed by atoms with Gasteiger partial charge in [-0.15, -0.1) is 0 Å². The number of hydrogen-bond acceptors (Lipinski definition) is 4. The molecular weight excluding hydrogens is 278 g/mol. The Bertz CT molecular complexity index is 436. The fraction of sp³-hybridized carbons (Fsp3) is 0.833. The van der Waals surface area contributed by atoms with E-state index >= 15 is 0 Å². The van der Waals surface area contributed by atoms with Crippen molar-refractivity contribution in [3.05, 3.63) is 12.2 Å². The summed E-state index contributed by atoms with van der Waals surface area (Å²) >= 11 is 0. The van der Waals surface area contributed by atoms with Crippen molar-refractivity contribution in [3.63, 3.8) is 0 Å². The van der Waals surface area contributed by atoms with E-state index in [1.54, 1.807) is 6.92 Å². The smallest absolute Gasteiger partial charge is 0.343 e. The van der Waals surface area contributed by atoms with Crippen molar-refractivity contribution in [2.75, 3.05) is 19.6 Å². The minimum atomic E-state index is -1.49. The highest BCUT2D eigenvalue weighted by Gasteiger charge is 2.48. The lowest BCUT2D eigenvalue weighted by Crippen LogP contribution is -2.55. The van der Waals surface area contributed by atoms with E-state index in [9.17, 15) is 9.90 Å². The van der Waals surface area contributed by atoms with Crippen molar-refractivity contribution in [1.29, 1.82) is 0 Å². The van der Waals surface area contributed by atoms with Crippen LogP contribution in [0.5, 0.6) is 0 Å². The summed E-state index contributed by atoms with van der Waals surface area (Å²) in [6, 6.07) is 0. The second kappa shape index (κ2) is 6.32. The molecular formula is C18H29NO3. The van der Waals surface area contributed by atoms with Gasteiger partial charge in [-0.2, -0.15) is 0 Å². The third-order valence-electron chi connectivity index (χ3n) is 6.01. The summed E-state index contributed by atoms with van der Waals surface area (Å²) in [5, 5.41) is 11.1. The van der Waals surface area contributed by atoms with Crippen molar-refractivity contribution in [1.82, 2.24) is 4.90 Å². The Kier molecular flexibility index (Phi) is 4.60. The van der Waals surface area contributed by atoms with E-state index in [2.05, 4.69) is 11.5 Å². The molecule has 4 rings (SSSR count). The van der Waals surface area contributed by atoms with Crippen molar-refractivity contribution >= 4 is 5.97 Å². The maximum atomic E-state index is 12.8. The fourth-order valence-corrected chi connectivity index (χ4v) is 4.48. The predicted molar refractivity (Wildman–Crippen MR) is 85.4 cm³/mol. The molecule has 2 unspecified atom stereocenters. The van der Waals surface area contributed by atoms with Crippen LogP contribution in [0.2, 0.25) is 0 Å². The summed E-state index contributed by atoms with van der Waals surface area (Å²) in [5.41, 5.74) is -0.961. The van der Waals surface area contributed by atoms with Crippen molar-refractivity contribution in [2.24, 2.45) is 11.8 Å². The molecule has 3 heterocycles. The van der Waals surface area contributed by atoms with Crippen molar-refractivity contribution in [2.45, 2.75) is 63.6 Å². The molecule has 0 aromatic heterocycles. The molecule has 124 valence electrons. The van der Waals surface area contributed by atoms with Crippen LogP contribution in [0.1, 0.15) is 51.9 Å². The lowest BCUT2D eigenvalue weighted by atomic mass is 9.73. The van der Waals surface area contributed by atoms with Gasteiger partial charge in [0.2, 0.25) is 0 Å². The highest BCUT2D eigenvalue weighted by Crippen LogP contribution is 2.39. The summed E-state index contributed by atoms with van der Waals surface area (Å²) in [6.45, 7) is 8.72. The molecule has 4 aliphatic rings. The van der Waals surface area contributed by atoms with Crippen molar-refractivity contribution in [3.8, 4) is 0 Å². The highest BCUT2D eigenvalue weighted by atomic mass is 16.6. The number of piperidine rings is 3. The number of carbonyl (C=O) groups excluding carboxylic acids is 1. The van der Waals surface area contributed by atoms with Gasteiger partial charge in [0.1, 0.15) is 6.10 Å². The Morgan fingerprint density at radius 1 is 1.18 bits per heavy atom. The predicted octanol–water partition coefficient (Wildman–Crippen LogP) is 2.51. The number of esters is 1. The first-order valence-electron chi connectivity index (χ1n) is 8.83. The van der Waals surface area contributed by atoms with E-state index in [4.69, 9.17) is 4.74 Å². The van der Waals surface area contributed by atoms with Gasteiger partial charge in [0.15, 0.2) is 5.60 Å². The van der Waals surface area contributed by atoms with Crippen LogP contribution in [0.25, 0.3) is 0 Å². The molecule has 1 N–H and O–H groups in total. The van der Waals surface area contributed by atoms with Gasteiger partial charge in [0.05, 0.1) is 0 Å². The van der Waals surface area contributed by atoms with Crippen LogP contribution in [-0.2, 0) is 9.53 Å². The molecule has 22 heavy (non-hydrogen) atoms. The van der Waals surface area contributed by atoms with Gasteiger partial charge in [-0.3, -0.25) is 4.90 Å². The number of aliphatic hydroxyl groups is 1. The number of nitrogens with zero attached hydrogens (tertiary/aromatic N) is 1. The van der Waals surface area contributed by atoms with Gasteiger partial charge in [-0.1, -0.05) is 25.8 Å². The second-order valence-corrected chi connectivity index (χ2v) is 7.46. The summed E-state index contributed by atoms with van der Waals surface area (Å²) in [6.07, 6.45) is 7.28. The van der Waals surface area contributed by atoms with E-state index < -0.39 is 11.6 Å². The van der Waals surface area contributed by atoms with Gasteiger partial charge in [0.25, 0.3) is 0 Å².